The molecule has 3 aliphatic carbocycles. The summed E-state index contributed by atoms with van der Waals surface area (Å²) in [5, 5.41) is 0. The predicted octanol–water partition coefficient (Wildman–Crippen LogP) is 19.4. The molecule has 350 valence electrons. The Morgan fingerprint density at radius 3 is 1.32 bits per heavy atom. The van der Waals surface area contributed by atoms with Gasteiger partial charge in [-0.15, -0.1) is 0 Å². The Kier molecular flexibility index (Phi) is 11.2. The average molecular weight is 929 g/mol. The van der Waals surface area contributed by atoms with Crippen LogP contribution in [0, 0.1) is 13.8 Å². The number of fused-ring (bicyclic) bond motifs is 5. The van der Waals surface area contributed by atoms with Crippen molar-refractivity contribution in [3.05, 3.63) is 268 Å². The van der Waals surface area contributed by atoms with E-state index in [1.165, 1.54) is 94.8 Å². The van der Waals surface area contributed by atoms with Crippen LogP contribution in [0.15, 0.2) is 224 Å². The molecule has 2 heteroatoms. The van der Waals surface area contributed by atoms with E-state index in [0.29, 0.717) is 0 Å². The molecule has 0 aliphatic heterocycles. The quantitative estimate of drug-likeness (QED) is 0.126. The van der Waals surface area contributed by atoms with Crippen LogP contribution >= 0.6 is 0 Å². The molecule has 0 atom stereocenters. The average Bonchev–Trinajstić information content (AvgIpc) is 3.78. The lowest BCUT2D eigenvalue weighted by molar-refractivity contribution is 0.607. The second-order valence-electron chi connectivity index (χ2n) is 21.1. The number of aryl methyl sites for hydroxylation is 2. The Morgan fingerprint density at radius 2 is 0.806 bits per heavy atom. The minimum atomic E-state index is -0.0741. The van der Waals surface area contributed by atoms with Gasteiger partial charge in [0, 0.05) is 45.0 Å². The predicted molar refractivity (Wildman–Crippen MR) is 307 cm³/mol. The molecule has 0 aromatic heterocycles. The minimum absolute atomic E-state index is 0.0116. The maximum atomic E-state index is 2.44. The monoisotopic (exact) mass is 928 g/mol. The van der Waals surface area contributed by atoms with Crippen LogP contribution in [0.3, 0.4) is 0 Å². The van der Waals surface area contributed by atoms with Crippen molar-refractivity contribution in [2.45, 2.75) is 65.2 Å². The molecular formula is C70H60N2. The van der Waals surface area contributed by atoms with Crippen LogP contribution in [0.25, 0.3) is 51.1 Å². The number of hydrogen-bond donors (Lipinski definition) is 0. The van der Waals surface area contributed by atoms with E-state index < -0.39 is 0 Å². The Hall–Kier alpha value is -8.20. The number of hydrogen-bond acceptors (Lipinski definition) is 2. The van der Waals surface area contributed by atoms with Crippen LogP contribution < -0.4 is 9.80 Å². The van der Waals surface area contributed by atoms with Crippen LogP contribution in [0.4, 0.5) is 34.1 Å². The van der Waals surface area contributed by atoms with Gasteiger partial charge in [0.25, 0.3) is 0 Å². The van der Waals surface area contributed by atoms with Gasteiger partial charge < -0.3 is 9.80 Å². The van der Waals surface area contributed by atoms with E-state index in [1.807, 2.05) is 0 Å². The highest BCUT2D eigenvalue weighted by molar-refractivity contribution is 5.90. The maximum Gasteiger partial charge on any atom is 0.0465 e. The Balaban J connectivity index is 0.746. The molecule has 0 N–H and O–H groups in total. The summed E-state index contributed by atoms with van der Waals surface area (Å²) in [5.41, 5.74) is 27.7. The molecule has 9 aromatic rings. The van der Waals surface area contributed by atoms with Gasteiger partial charge in [-0.05, 0) is 183 Å². The first-order valence-corrected chi connectivity index (χ1v) is 25.6. The number of anilines is 6. The normalized spacial score (nSPS) is 14.8. The van der Waals surface area contributed by atoms with Gasteiger partial charge >= 0.3 is 0 Å². The fourth-order valence-electron chi connectivity index (χ4n) is 11.8. The van der Waals surface area contributed by atoms with Crippen molar-refractivity contribution in [3.8, 4) is 33.4 Å². The van der Waals surface area contributed by atoms with Crippen LogP contribution in [0.5, 0.6) is 0 Å². The van der Waals surface area contributed by atoms with E-state index in [2.05, 4.69) is 282 Å². The third-order valence-corrected chi connectivity index (χ3v) is 15.7. The number of nitrogens with zero attached hydrogens (tertiary/aromatic N) is 2. The Bertz CT molecular complexity index is 3620. The lowest BCUT2D eigenvalue weighted by Gasteiger charge is -2.29. The first-order chi connectivity index (χ1) is 35.0. The fourth-order valence-corrected chi connectivity index (χ4v) is 11.8. The number of rotatable bonds is 10. The molecule has 0 amide bonds. The first-order valence-electron chi connectivity index (χ1n) is 25.6. The summed E-state index contributed by atoms with van der Waals surface area (Å²) in [6.07, 6.45) is 11.3. The lowest BCUT2D eigenvalue weighted by atomic mass is 9.78. The molecule has 2 nitrogen and oxygen atoms in total. The highest BCUT2D eigenvalue weighted by Crippen LogP contribution is 2.53. The Labute approximate surface area is 426 Å². The topological polar surface area (TPSA) is 6.48 Å². The summed E-state index contributed by atoms with van der Waals surface area (Å²) in [7, 11) is 0. The summed E-state index contributed by atoms with van der Waals surface area (Å²) in [4.78, 5) is 4.80. The van der Waals surface area contributed by atoms with Gasteiger partial charge in [0.15, 0.2) is 0 Å². The standard InChI is InChI=1S/C70H60N2/c1-47-13-11-15-57(43-47)71(59-39-41-63-61-17-7-9-19-65(61)69(3,4)67(63)45-59)55-35-31-53(32-36-55)51-27-23-49(24-28-51)21-22-50-25-29-52(30-26-50)54-33-37-56(38-34-54)72(58-16-12-14-48(2)44-58)60-40-42-64-62-18-8-10-20-66(62)70(5,6)68(64)46-60/h7-9,11-19,21-46H,10,20H2,1-6H3/b22-21+. The van der Waals surface area contributed by atoms with E-state index in [1.54, 1.807) is 5.57 Å². The second kappa shape index (κ2) is 17.9. The van der Waals surface area contributed by atoms with Crippen molar-refractivity contribution < 1.29 is 0 Å². The molecule has 72 heavy (non-hydrogen) atoms. The highest BCUT2D eigenvalue weighted by atomic mass is 15.1. The summed E-state index contributed by atoms with van der Waals surface area (Å²) < 4.78 is 0. The zero-order chi connectivity index (χ0) is 49.1. The molecule has 9 aromatic carbocycles. The first kappa shape index (κ1) is 45.0. The van der Waals surface area contributed by atoms with E-state index in [4.69, 9.17) is 0 Å². The zero-order valence-corrected chi connectivity index (χ0v) is 42.2. The van der Waals surface area contributed by atoms with Crippen LogP contribution in [0.2, 0.25) is 0 Å². The summed E-state index contributed by atoms with van der Waals surface area (Å²) in [5.74, 6) is 0. The van der Waals surface area contributed by atoms with Gasteiger partial charge in [-0.3, -0.25) is 0 Å². The molecule has 0 saturated carbocycles. The molecule has 12 rings (SSSR count). The largest absolute Gasteiger partial charge is 0.310 e. The number of allylic oxidation sites excluding steroid dienone is 4. The van der Waals surface area contributed by atoms with Crippen molar-refractivity contribution >= 4 is 51.8 Å². The molecule has 0 spiro atoms. The molecule has 0 unspecified atom stereocenters. The van der Waals surface area contributed by atoms with Crippen molar-refractivity contribution in [2.75, 3.05) is 9.80 Å². The van der Waals surface area contributed by atoms with E-state index in [-0.39, 0.29) is 10.8 Å². The third kappa shape index (κ3) is 8.02. The summed E-state index contributed by atoms with van der Waals surface area (Å²) in [6, 6.07) is 76.5. The van der Waals surface area contributed by atoms with E-state index >= 15 is 0 Å². The molecule has 0 bridgehead atoms. The van der Waals surface area contributed by atoms with Crippen LogP contribution in [-0.2, 0) is 10.8 Å². The maximum absolute atomic E-state index is 2.44. The molecular weight excluding hydrogens is 869 g/mol. The third-order valence-electron chi connectivity index (χ3n) is 15.7. The fraction of sp³-hybridized carbons (Fsp3) is 0.143. The van der Waals surface area contributed by atoms with Gasteiger partial charge in [-0.25, -0.2) is 0 Å². The molecule has 0 saturated heterocycles. The van der Waals surface area contributed by atoms with Crippen LogP contribution in [0.1, 0.15) is 85.0 Å². The molecule has 0 heterocycles. The molecule has 3 aliphatic rings. The van der Waals surface area contributed by atoms with Crippen molar-refractivity contribution in [1.82, 2.24) is 0 Å². The van der Waals surface area contributed by atoms with Gasteiger partial charge in [0.2, 0.25) is 0 Å². The van der Waals surface area contributed by atoms with Gasteiger partial charge in [0.05, 0.1) is 0 Å². The van der Waals surface area contributed by atoms with Crippen molar-refractivity contribution in [3.63, 3.8) is 0 Å². The van der Waals surface area contributed by atoms with E-state index in [9.17, 15) is 0 Å². The van der Waals surface area contributed by atoms with Crippen molar-refractivity contribution in [2.24, 2.45) is 0 Å². The summed E-state index contributed by atoms with van der Waals surface area (Å²) in [6.45, 7) is 13.8. The van der Waals surface area contributed by atoms with Gasteiger partial charge in [0.1, 0.15) is 0 Å². The van der Waals surface area contributed by atoms with Crippen molar-refractivity contribution in [1.29, 1.82) is 0 Å². The van der Waals surface area contributed by atoms with Crippen LogP contribution in [-0.4, -0.2) is 0 Å². The highest BCUT2D eigenvalue weighted by Gasteiger charge is 2.38. The number of benzene rings is 9. The lowest BCUT2D eigenvalue weighted by Crippen LogP contribution is -2.18. The SMILES string of the molecule is Cc1cccc(N(c2ccc(-c3ccc(/C=C/c4ccc(-c5ccc(N(c6cccc(C)c6)c6ccc7c(c6)C(C)(C)c6ccccc6-7)cc5)cc4)cc3)cc2)c2ccc3c(c2)C(C)(C)C2=C3C=CCC2)c1. The molecule has 0 radical (unpaired) electrons. The van der Waals surface area contributed by atoms with Gasteiger partial charge in [-0.1, -0.05) is 191 Å². The summed E-state index contributed by atoms with van der Waals surface area (Å²) >= 11 is 0. The van der Waals surface area contributed by atoms with E-state index in [0.717, 1.165) is 35.6 Å². The second-order valence-corrected chi connectivity index (χ2v) is 21.1. The Morgan fingerprint density at radius 1 is 0.375 bits per heavy atom. The molecule has 0 fully saturated rings. The zero-order valence-electron chi connectivity index (χ0n) is 42.2. The smallest absolute Gasteiger partial charge is 0.0465 e. The van der Waals surface area contributed by atoms with Gasteiger partial charge in [-0.2, -0.15) is 0 Å². The minimum Gasteiger partial charge on any atom is -0.310 e.